The minimum absolute atomic E-state index is 0.808. The molecule has 1 unspecified atom stereocenters. The molecule has 0 rings (SSSR count). The van der Waals surface area contributed by atoms with E-state index >= 15 is 0 Å². The first-order chi connectivity index (χ1) is 15.7. The van der Waals surface area contributed by atoms with Gasteiger partial charge in [0.1, 0.15) is 0 Å². The van der Waals surface area contributed by atoms with Crippen molar-refractivity contribution >= 4 is 10.4 Å². The average Bonchev–Trinajstić information content (AvgIpc) is 2.79. The quantitative estimate of drug-likeness (QED) is 0.0626. The van der Waals surface area contributed by atoms with Crippen LogP contribution in [-0.2, 0) is 14.6 Å². The average molecular weight is 494 g/mol. The smallest absolute Gasteiger partial charge is 0.217 e. The summed E-state index contributed by atoms with van der Waals surface area (Å²) in [6.07, 6.45) is 27.6. The topological polar surface area (TPSA) is 66.4 Å². The predicted octanol–water partition coefficient (Wildman–Crippen LogP) is 8.00. The maximum absolute atomic E-state index is 9.22. The van der Waals surface area contributed by atoms with Gasteiger partial charge in [-0.2, -0.15) is 0 Å². The van der Waals surface area contributed by atoms with Crippen molar-refractivity contribution in [2.45, 2.75) is 143 Å². The zero-order valence-corrected chi connectivity index (χ0v) is 23.9. The highest BCUT2D eigenvalue weighted by atomic mass is 32.3. The third-order valence-corrected chi connectivity index (χ3v) is 7.23. The van der Waals surface area contributed by atoms with Gasteiger partial charge in [-0.05, 0) is 32.6 Å². The molecule has 6 heteroatoms. The van der Waals surface area contributed by atoms with Gasteiger partial charge in [0.15, 0.2) is 0 Å². The fourth-order valence-corrected chi connectivity index (χ4v) is 4.21. The lowest BCUT2D eigenvalue weighted by molar-refractivity contribution is -0.908. The molecule has 0 heterocycles. The fraction of sp³-hybridized carbons (Fsp3) is 1.00. The Kier molecular flexibility index (Phi) is 26.4. The molecule has 33 heavy (non-hydrogen) atoms. The zero-order valence-electron chi connectivity index (χ0n) is 23.0. The van der Waals surface area contributed by atoms with E-state index in [9.17, 15) is 13.0 Å². The SMILES string of the molecule is CCCCCCCCCCCCCCCCC[N+](C)(CC)CCCCCC.COS(=O)(=O)[O-]. The number of hydrogen-bond donors (Lipinski definition) is 0. The normalized spacial score (nSPS) is 13.4. The zero-order chi connectivity index (χ0) is 25.3. The van der Waals surface area contributed by atoms with Crippen LogP contribution in [0.25, 0.3) is 0 Å². The van der Waals surface area contributed by atoms with Crippen molar-refractivity contribution in [2.24, 2.45) is 0 Å². The molecule has 0 aromatic carbocycles. The highest BCUT2D eigenvalue weighted by molar-refractivity contribution is 7.80. The fourth-order valence-electron chi connectivity index (χ4n) is 4.21. The van der Waals surface area contributed by atoms with Crippen LogP contribution in [0.4, 0.5) is 0 Å². The predicted molar refractivity (Wildman–Crippen MR) is 142 cm³/mol. The minimum Gasteiger partial charge on any atom is -0.726 e. The van der Waals surface area contributed by atoms with E-state index in [4.69, 9.17) is 0 Å². The van der Waals surface area contributed by atoms with Crippen LogP contribution in [-0.4, -0.2) is 51.2 Å². The number of hydrogen-bond acceptors (Lipinski definition) is 4. The summed E-state index contributed by atoms with van der Waals surface area (Å²) >= 11 is 0. The van der Waals surface area contributed by atoms with E-state index in [1.165, 1.54) is 146 Å². The molecule has 0 amide bonds. The third-order valence-electron chi connectivity index (χ3n) is 6.82. The van der Waals surface area contributed by atoms with Gasteiger partial charge in [-0.25, -0.2) is 8.42 Å². The monoisotopic (exact) mass is 493 g/mol. The van der Waals surface area contributed by atoms with E-state index in [0.717, 1.165) is 7.11 Å². The van der Waals surface area contributed by atoms with Gasteiger partial charge < -0.3 is 9.04 Å². The molecule has 0 aliphatic heterocycles. The Labute approximate surface area is 208 Å². The Morgan fingerprint density at radius 2 is 0.818 bits per heavy atom. The van der Waals surface area contributed by atoms with E-state index in [-0.39, 0.29) is 0 Å². The van der Waals surface area contributed by atoms with Crippen molar-refractivity contribution in [3.05, 3.63) is 0 Å². The van der Waals surface area contributed by atoms with Crippen molar-refractivity contribution in [3.63, 3.8) is 0 Å². The molecule has 0 aliphatic carbocycles. The van der Waals surface area contributed by atoms with Gasteiger partial charge in [-0.1, -0.05) is 110 Å². The van der Waals surface area contributed by atoms with Crippen LogP contribution >= 0.6 is 0 Å². The van der Waals surface area contributed by atoms with E-state index in [1.54, 1.807) is 0 Å². The van der Waals surface area contributed by atoms with Crippen LogP contribution < -0.4 is 0 Å². The highest BCUT2D eigenvalue weighted by Crippen LogP contribution is 2.15. The Morgan fingerprint density at radius 1 is 0.576 bits per heavy atom. The molecule has 0 spiro atoms. The summed E-state index contributed by atoms with van der Waals surface area (Å²) in [4.78, 5) is 0. The first kappa shape index (κ1) is 35.0. The number of nitrogens with zero attached hydrogens (tertiary/aromatic N) is 1. The Morgan fingerprint density at radius 3 is 1.06 bits per heavy atom. The summed E-state index contributed by atoms with van der Waals surface area (Å²) < 4.78 is 32.3. The molecule has 0 bridgehead atoms. The Hall–Kier alpha value is -0.170. The lowest BCUT2D eigenvalue weighted by Crippen LogP contribution is -2.45. The molecule has 0 fully saturated rings. The van der Waals surface area contributed by atoms with Gasteiger partial charge in [-0.15, -0.1) is 0 Å². The van der Waals surface area contributed by atoms with Crippen LogP contribution in [0, 0.1) is 0 Å². The summed E-state index contributed by atoms with van der Waals surface area (Å²) in [5.74, 6) is 0. The van der Waals surface area contributed by atoms with Gasteiger partial charge in [0, 0.05) is 0 Å². The van der Waals surface area contributed by atoms with Gasteiger partial charge in [-0.3, -0.25) is 4.18 Å². The first-order valence-corrected chi connectivity index (χ1v) is 15.4. The van der Waals surface area contributed by atoms with Gasteiger partial charge in [0.2, 0.25) is 10.4 Å². The van der Waals surface area contributed by atoms with Crippen LogP contribution in [0.1, 0.15) is 143 Å². The van der Waals surface area contributed by atoms with Gasteiger partial charge in [0.05, 0.1) is 33.8 Å². The van der Waals surface area contributed by atoms with Crippen LogP contribution in [0.3, 0.4) is 0 Å². The Bertz CT molecular complexity index is 485. The van der Waals surface area contributed by atoms with Crippen LogP contribution in [0.5, 0.6) is 0 Å². The van der Waals surface area contributed by atoms with Crippen LogP contribution in [0.15, 0.2) is 0 Å². The number of unbranched alkanes of at least 4 members (excludes halogenated alkanes) is 17. The van der Waals surface area contributed by atoms with E-state index in [1.807, 2.05) is 0 Å². The number of rotatable bonds is 23. The lowest BCUT2D eigenvalue weighted by Gasteiger charge is -2.33. The molecule has 0 saturated carbocycles. The van der Waals surface area contributed by atoms with E-state index < -0.39 is 10.4 Å². The molecule has 0 aromatic rings. The largest absolute Gasteiger partial charge is 0.726 e. The lowest BCUT2D eigenvalue weighted by atomic mass is 10.0. The molecule has 202 valence electrons. The molecule has 0 N–H and O–H groups in total. The van der Waals surface area contributed by atoms with Crippen LogP contribution in [0.2, 0.25) is 0 Å². The van der Waals surface area contributed by atoms with E-state index in [0.29, 0.717) is 0 Å². The second-order valence-electron chi connectivity index (χ2n) is 9.97. The summed E-state index contributed by atoms with van der Waals surface area (Å²) in [6, 6.07) is 0. The second-order valence-corrected chi connectivity index (χ2v) is 11.1. The Balaban J connectivity index is 0. The summed E-state index contributed by atoms with van der Waals surface area (Å²) in [5.41, 5.74) is 0. The van der Waals surface area contributed by atoms with E-state index in [2.05, 4.69) is 32.0 Å². The number of quaternary nitrogens is 1. The highest BCUT2D eigenvalue weighted by Gasteiger charge is 2.17. The summed E-state index contributed by atoms with van der Waals surface area (Å²) in [7, 11) is -1.12. The molecular weight excluding hydrogens is 434 g/mol. The second kappa shape index (κ2) is 24.9. The molecule has 5 nitrogen and oxygen atoms in total. The molecule has 0 radical (unpaired) electrons. The van der Waals surface area contributed by atoms with Crippen molar-refractivity contribution < 1.29 is 21.6 Å². The summed E-state index contributed by atoms with van der Waals surface area (Å²) in [6.45, 7) is 11.1. The maximum atomic E-state index is 9.22. The molecule has 1 atom stereocenters. The van der Waals surface area contributed by atoms with Gasteiger partial charge >= 0.3 is 0 Å². The van der Waals surface area contributed by atoms with Crippen molar-refractivity contribution in [1.82, 2.24) is 0 Å². The molecular formula is C27H59NO4S. The van der Waals surface area contributed by atoms with Crippen molar-refractivity contribution in [2.75, 3.05) is 33.8 Å². The standard InChI is InChI=1S/C26H56N.CH4O4S/c1-5-8-10-12-13-14-15-16-17-18-19-20-21-22-24-26-27(4,7-3)25-23-11-9-6-2;1-5-6(2,3)4/h5-26H2,1-4H3;1H3,(H,2,3,4)/q+1;/p-1. The maximum Gasteiger partial charge on any atom is 0.217 e. The van der Waals surface area contributed by atoms with Gasteiger partial charge in [0.25, 0.3) is 0 Å². The van der Waals surface area contributed by atoms with Crippen molar-refractivity contribution in [1.29, 1.82) is 0 Å². The van der Waals surface area contributed by atoms with Crippen molar-refractivity contribution in [3.8, 4) is 0 Å². The minimum atomic E-state index is -4.41. The molecule has 0 saturated heterocycles. The third kappa shape index (κ3) is 29.8. The summed E-state index contributed by atoms with van der Waals surface area (Å²) in [5, 5.41) is 0. The molecule has 0 aliphatic rings. The first-order valence-electron chi connectivity index (χ1n) is 14.1. The molecule has 0 aromatic heterocycles.